The van der Waals surface area contributed by atoms with E-state index in [1.165, 1.54) is 50.0 Å². The zero-order chi connectivity index (χ0) is 15.3. The molecule has 0 atom stereocenters. The minimum atomic E-state index is 0.206. The topological polar surface area (TPSA) is 12.5 Å². The molecule has 1 fully saturated rings. The molecule has 0 unspecified atom stereocenters. The predicted octanol–water partition coefficient (Wildman–Crippen LogP) is 4.55. The van der Waals surface area contributed by atoms with Gasteiger partial charge >= 0.3 is 0 Å². The quantitative estimate of drug-likeness (QED) is 0.737. The molecule has 0 aliphatic carbocycles. The minimum Gasteiger partial charge on any atom is -0.493 e. The average Bonchev–Trinajstić information content (AvgIpc) is 2.45. The number of aryl methyl sites for hydroxylation is 1. The van der Waals surface area contributed by atoms with E-state index < -0.39 is 0 Å². The molecule has 1 saturated heterocycles. The molecule has 0 saturated carbocycles. The highest BCUT2D eigenvalue weighted by Crippen LogP contribution is 2.27. The number of piperidine rings is 1. The van der Waals surface area contributed by atoms with E-state index >= 15 is 0 Å². The highest BCUT2D eigenvalue weighted by atomic mass is 16.5. The molecule has 0 bridgehead atoms. The highest BCUT2D eigenvalue weighted by Gasteiger charge is 2.15. The third kappa shape index (κ3) is 5.03. The Morgan fingerprint density at radius 2 is 1.81 bits per heavy atom. The van der Waals surface area contributed by atoms with Crippen molar-refractivity contribution in [1.29, 1.82) is 0 Å². The van der Waals surface area contributed by atoms with Crippen LogP contribution in [0.4, 0.5) is 0 Å². The summed E-state index contributed by atoms with van der Waals surface area (Å²) in [5.41, 5.74) is 2.83. The predicted molar refractivity (Wildman–Crippen MR) is 90.3 cm³/mol. The van der Waals surface area contributed by atoms with E-state index in [0.717, 1.165) is 18.8 Å². The Labute approximate surface area is 130 Å². The summed E-state index contributed by atoms with van der Waals surface area (Å²) in [5, 5.41) is 0. The van der Waals surface area contributed by atoms with E-state index in [-0.39, 0.29) is 5.41 Å². The molecule has 1 heterocycles. The first kappa shape index (κ1) is 16.4. The first-order valence-electron chi connectivity index (χ1n) is 8.43. The molecule has 1 aliphatic heterocycles. The minimum absolute atomic E-state index is 0.206. The highest BCUT2D eigenvalue weighted by molar-refractivity contribution is 5.38. The molecule has 1 aromatic rings. The fourth-order valence-electron chi connectivity index (χ4n) is 2.93. The van der Waals surface area contributed by atoms with Crippen molar-refractivity contribution in [3.05, 3.63) is 29.3 Å². The van der Waals surface area contributed by atoms with E-state index in [0.29, 0.717) is 0 Å². The molecule has 2 rings (SSSR count). The summed E-state index contributed by atoms with van der Waals surface area (Å²) in [6.07, 6.45) is 5.27. The summed E-state index contributed by atoms with van der Waals surface area (Å²) in [4.78, 5) is 2.57. The molecule has 0 spiro atoms. The second-order valence-electron chi connectivity index (χ2n) is 7.33. The molecule has 118 valence electrons. The van der Waals surface area contributed by atoms with Crippen LogP contribution in [0.5, 0.6) is 5.75 Å². The maximum Gasteiger partial charge on any atom is 0.122 e. The molecular weight excluding hydrogens is 258 g/mol. The normalized spacial score (nSPS) is 17.0. The van der Waals surface area contributed by atoms with Crippen LogP contribution >= 0.6 is 0 Å². The van der Waals surface area contributed by atoms with Gasteiger partial charge in [0.2, 0.25) is 0 Å². The Kier molecular flexibility index (Phi) is 5.69. The fraction of sp³-hybridized carbons (Fsp3) is 0.684. The largest absolute Gasteiger partial charge is 0.493 e. The summed E-state index contributed by atoms with van der Waals surface area (Å²) < 4.78 is 5.97. The van der Waals surface area contributed by atoms with Crippen molar-refractivity contribution >= 4 is 0 Å². The van der Waals surface area contributed by atoms with Crippen LogP contribution in [-0.4, -0.2) is 31.1 Å². The standard InChI is InChI=1S/C19H31NO/c1-16-15-17(19(2,3)4)9-10-18(16)21-14-8-13-20-11-6-5-7-12-20/h9-10,15H,5-8,11-14H2,1-4H3. The molecule has 0 aromatic heterocycles. The van der Waals surface area contributed by atoms with Gasteiger partial charge in [-0.3, -0.25) is 0 Å². The van der Waals surface area contributed by atoms with Gasteiger partial charge in [-0.1, -0.05) is 39.3 Å². The van der Waals surface area contributed by atoms with E-state index in [1.54, 1.807) is 0 Å². The van der Waals surface area contributed by atoms with Gasteiger partial charge in [0.1, 0.15) is 5.75 Å². The Morgan fingerprint density at radius 1 is 1.10 bits per heavy atom. The Morgan fingerprint density at radius 3 is 2.43 bits per heavy atom. The van der Waals surface area contributed by atoms with Gasteiger partial charge in [0.25, 0.3) is 0 Å². The van der Waals surface area contributed by atoms with Crippen LogP contribution in [0.15, 0.2) is 18.2 Å². The van der Waals surface area contributed by atoms with Gasteiger partial charge in [-0.05, 0) is 61.9 Å². The first-order valence-corrected chi connectivity index (χ1v) is 8.43. The van der Waals surface area contributed by atoms with E-state index in [1.807, 2.05) is 0 Å². The Balaban J connectivity index is 1.78. The number of hydrogen-bond acceptors (Lipinski definition) is 2. The van der Waals surface area contributed by atoms with Gasteiger partial charge in [-0.2, -0.15) is 0 Å². The molecule has 0 radical (unpaired) electrons. The summed E-state index contributed by atoms with van der Waals surface area (Å²) in [6.45, 7) is 13.5. The monoisotopic (exact) mass is 289 g/mol. The third-order valence-corrected chi connectivity index (χ3v) is 4.37. The second-order valence-corrected chi connectivity index (χ2v) is 7.33. The Bertz CT molecular complexity index is 441. The molecule has 0 amide bonds. The summed E-state index contributed by atoms with van der Waals surface area (Å²) in [5.74, 6) is 1.04. The Hall–Kier alpha value is -1.02. The van der Waals surface area contributed by atoms with Crippen molar-refractivity contribution in [2.75, 3.05) is 26.2 Å². The lowest BCUT2D eigenvalue weighted by Gasteiger charge is -2.26. The van der Waals surface area contributed by atoms with E-state index in [2.05, 4.69) is 50.8 Å². The van der Waals surface area contributed by atoms with Crippen LogP contribution in [0, 0.1) is 6.92 Å². The molecule has 0 N–H and O–H groups in total. The van der Waals surface area contributed by atoms with Crippen LogP contribution in [0.25, 0.3) is 0 Å². The zero-order valence-electron chi connectivity index (χ0n) is 14.2. The average molecular weight is 289 g/mol. The van der Waals surface area contributed by atoms with Crippen molar-refractivity contribution in [2.45, 2.75) is 58.8 Å². The lowest BCUT2D eigenvalue weighted by molar-refractivity contribution is 0.204. The lowest BCUT2D eigenvalue weighted by Crippen LogP contribution is -2.31. The summed E-state index contributed by atoms with van der Waals surface area (Å²) in [7, 11) is 0. The van der Waals surface area contributed by atoms with E-state index in [4.69, 9.17) is 4.74 Å². The van der Waals surface area contributed by atoms with Crippen molar-refractivity contribution in [3.8, 4) is 5.75 Å². The van der Waals surface area contributed by atoms with Crippen molar-refractivity contribution < 1.29 is 4.74 Å². The zero-order valence-corrected chi connectivity index (χ0v) is 14.2. The third-order valence-electron chi connectivity index (χ3n) is 4.37. The maximum atomic E-state index is 5.97. The number of nitrogens with zero attached hydrogens (tertiary/aromatic N) is 1. The second kappa shape index (κ2) is 7.31. The summed E-state index contributed by atoms with van der Waals surface area (Å²) in [6, 6.07) is 6.60. The number of rotatable bonds is 5. The van der Waals surface area contributed by atoms with Crippen LogP contribution in [-0.2, 0) is 5.41 Å². The van der Waals surface area contributed by atoms with Crippen LogP contribution in [0.2, 0.25) is 0 Å². The van der Waals surface area contributed by atoms with E-state index in [9.17, 15) is 0 Å². The van der Waals surface area contributed by atoms with Crippen molar-refractivity contribution in [3.63, 3.8) is 0 Å². The van der Waals surface area contributed by atoms with Gasteiger partial charge in [0.15, 0.2) is 0 Å². The van der Waals surface area contributed by atoms with Gasteiger partial charge in [-0.25, -0.2) is 0 Å². The molecule has 21 heavy (non-hydrogen) atoms. The first-order chi connectivity index (χ1) is 9.97. The van der Waals surface area contributed by atoms with Gasteiger partial charge in [0.05, 0.1) is 6.61 Å². The maximum absolute atomic E-state index is 5.97. The number of ether oxygens (including phenoxy) is 1. The number of benzene rings is 1. The summed E-state index contributed by atoms with van der Waals surface area (Å²) >= 11 is 0. The van der Waals surface area contributed by atoms with Gasteiger partial charge in [0, 0.05) is 6.54 Å². The van der Waals surface area contributed by atoms with Crippen LogP contribution < -0.4 is 4.74 Å². The smallest absolute Gasteiger partial charge is 0.122 e. The molecular formula is C19H31NO. The van der Waals surface area contributed by atoms with Gasteiger partial charge in [-0.15, -0.1) is 0 Å². The van der Waals surface area contributed by atoms with Crippen molar-refractivity contribution in [1.82, 2.24) is 4.90 Å². The van der Waals surface area contributed by atoms with Crippen LogP contribution in [0.1, 0.15) is 57.6 Å². The molecule has 1 aromatic carbocycles. The fourth-order valence-corrected chi connectivity index (χ4v) is 2.93. The van der Waals surface area contributed by atoms with Crippen LogP contribution in [0.3, 0.4) is 0 Å². The van der Waals surface area contributed by atoms with Gasteiger partial charge < -0.3 is 9.64 Å². The number of hydrogen-bond donors (Lipinski definition) is 0. The molecule has 2 heteroatoms. The molecule has 1 aliphatic rings. The SMILES string of the molecule is Cc1cc(C(C)(C)C)ccc1OCCCN1CCCCC1. The molecule has 2 nitrogen and oxygen atoms in total. The number of likely N-dealkylation sites (tertiary alicyclic amines) is 1. The lowest BCUT2D eigenvalue weighted by atomic mass is 9.86. The van der Waals surface area contributed by atoms with Crippen molar-refractivity contribution in [2.24, 2.45) is 0 Å².